The molecule has 2 aromatic rings. The Morgan fingerprint density at radius 1 is 1.22 bits per heavy atom. The van der Waals surface area contributed by atoms with Crippen LogP contribution in [0.15, 0.2) is 30.5 Å². The van der Waals surface area contributed by atoms with Crippen LogP contribution in [0.2, 0.25) is 0 Å². The van der Waals surface area contributed by atoms with Crippen LogP contribution in [-0.4, -0.2) is 39.0 Å². The number of fused-ring (bicyclic) bond motifs is 2. The van der Waals surface area contributed by atoms with Crippen LogP contribution in [0.1, 0.15) is 55.8 Å². The van der Waals surface area contributed by atoms with Crippen LogP contribution in [0.3, 0.4) is 0 Å². The topological polar surface area (TPSA) is 50.5 Å². The number of hydrogen-bond donors (Lipinski definition) is 1. The fraction of sp³-hybridized carbons (Fsp3) is 0.591. The molecule has 1 aromatic heterocycles. The van der Waals surface area contributed by atoms with Gasteiger partial charge in [0.15, 0.2) is 0 Å². The van der Waals surface area contributed by atoms with Gasteiger partial charge in [-0.15, -0.1) is 0 Å². The van der Waals surface area contributed by atoms with Crippen molar-refractivity contribution in [1.82, 2.24) is 14.7 Å². The maximum Gasteiger partial charge on any atom is 0.124 e. The lowest BCUT2D eigenvalue weighted by atomic mass is 9.80. The van der Waals surface area contributed by atoms with Crippen molar-refractivity contribution in [2.75, 3.05) is 7.11 Å². The minimum atomic E-state index is -0.795. The predicted molar refractivity (Wildman–Crippen MR) is 106 cm³/mol. The fourth-order valence-corrected chi connectivity index (χ4v) is 5.10. The number of nitrogens with zero attached hydrogens (tertiary/aromatic N) is 3. The molecule has 0 radical (unpaired) electrons. The number of piperidine rings is 1. The van der Waals surface area contributed by atoms with Gasteiger partial charge < -0.3 is 9.84 Å². The van der Waals surface area contributed by atoms with Crippen molar-refractivity contribution in [1.29, 1.82) is 0 Å². The molecule has 4 rings (SSSR count). The largest absolute Gasteiger partial charge is 0.496 e. The van der Waals surface area contributed by atoms with E-state index in [4.69, 9.17) is 4.74 Å². The molecule has 1 N–H and O–H groups in total. The van der Waals surface area contributed by atoms with Gasteiger partial charge in [-0.3, -0.25) is 9.58 Å². The molecule has 27 heavy (non-hydrogen) atoms. The van der Waals surface area contributed by atoms with Crippen LogP contribution in [0, 0.1) is 6.92 Å². The first-order valence-electron chi connectivity index (χ1n) is 10.2. The average molecular weight is 370 g/mol. The number of aromatic nitrogens is 2. The summed E-state index contributed by atoms with van der Waals surface area (Å²) in [6.07, 6.45) is 6.99. The highest BCUT2D eigenvalue weighted by atomic mass is 16.5. The highest BCUT2D eigenvalue weighted by Gasteiger charge is 2.49. The lowest BCUT2D eigenvalue weighted by Crippen LogP contribution is -2.49. The third-order valence-corrected chi connectivity index (χ3v) is 6.52. The number of para-hydroxylation sites is 1. The standard InChI is InChI=1S/C22H31N3O2/c1-4-11-25-16(2)17(14-23-25)15-24-18-9-10-19(24)13-22(26,12-18)20-7-5-6-8-21(20)27-3/h5-8,14,18-19,26H,4,9-13,15H2,1-3H3. The Balaban J connectivity index is 1.54. The number of hydrogen-bond acceptors (Lipinski definition) is 4. The summed E-state index contributed by atoms with van der Waals surface area (Å²) < 4.78 is 7.65. The Labute approximate surface area is 161 Å². The van der Waals surface area contributed by atoms with Crippen LogP contribution in [-0.2, 0) is 18.7 Å². The van der Waals surface area contributed by atoms with Gasteiger partial charge in [0.2, 0.25) is 0 Å². The fourth-order valence-electron chi connectivity index (χ4n) is 5.10. The van der Waals surface area contributed by atoms with Crippen molar-refractivity contribution in [2.24, 2.45) is 0 Å². The van der Waals surface area contributed by atoms with Crippen molar-refractivity contribution < 1.29 is 9.84 Å². The molecule has 0 saturated carbocycles. The van der Waals surface area contributed by atoms with E-state index in [0.29, 0.717) is 12.1 Å². The predicted octanol–water partition coefficient (Wildman–Crippen LogP) is 3.62. The van der Waals surface area contributed by atoms with Gasteiger partial charge in [0.25, 0.3) is 0 Å². The first-order valence-corrected chi connectivity index (χ1v) is 10.2. The van der Waals surface area contributed by atoms with Crippen LogP contribution in [0.25, 0.3) is 0 Å². The molecular weight excluding hydrogens is 338 g/mol. The van der Waals surface area contributed by atoms with E-state index in [1.807, 2.05) is 30.5 Å². The van der Waals surface area contributed by atoms with E-state index in [1.54, 1.807) is 7.11 Å². The molecule has 2 fully saturated rings. The SMILES string of the molecule is CCCn1ncc(CN2C3CCC2CC(O)(c2ccccc2OC)C3)c1C. The minimum absolute atomic E-state index is 0.410. The summed E-state index contributed by atoms with van der Waals surface area (Å²) in [5.74, 6) is 0.796. The molecular formula is C22H31N3O2. The van der Waals surface area contributed by atoms with Crippen LogP contribution < -0.4 is 4.74 Å². The monoisotopic (exact) mass is 369 g/mol. The number of aliphatic hydroxyl groups is 1. The highest BCUT2D eigenvalue weighted by molar-refractivity contribution is 5.39. The van der Waals surface area contributed by atoms with Crippen molar-refractivity contribution >= 4 is 0 Å². The van der Waals surface area contributed by atoms with E-state index in [9.17, 15) is 5.11 Å². The molecule has 2 unspecified atom stereocenters. The number of aryl methyl sites for hydroxylation is 1. The lowest BCUT2D eigenvalue weighted by Gasteiger charge is -2.44. The summed E-state index contributed by atoms with van der Waals surface area (Å²) in [4.78, 5) is 2.60. The Morgan fingerprint density at radius 2 is 1.93 bits per heavy atom. The smallest absolute Gasteiger partial charge is 0.124 e. The maximum atomic E-state index is 11.5. The molecule has 2 saturated heterocycles. The molecule has 2 atom stereocenters. The van der Waals surface area contributed by atoms with E-state index in [1.165, 1.54) is 11.3 Å². The zero-order valence-corrected chi connectivity index (χ0v) is 16.7. The third-order valence-electron chi connectivity index (χ3n) is 6.52. The molecule has 1 aromatic carbocycles. The maximum absolute atomic E-state index is 11.5. The van der Waals surface area contributed by atoms with Gasteiger partial charge in [0.1, 0.15) is 5.75 Å². The number of methoxy groups -OCH3 is 1. The molecule has 146 valence electrons. The summed E-state index contributed by atoms with van der Waals surface area (Å²) in [6.45, 7) is 6.28. The van der Waals surface area contributed by atoms with E-state index < -0.39 is 5.60 Å². The second-order valence-electron chi connectivity index (χ2n) is 8.18. The van der Waals surface area contributed by atoms with E-state index >= 15 is 0 Å². The number of rotatable bonds is 6. The van der Waals surface area contributed by atoms with Crippen molar-refractivity contribution in [3.8, 4) is 5.75 Å². The zero-order chi connectivity index (χ0) is 19.0. The number of ether oxygens (including phenoxy) is 1. The molecule has 0 aliphatic carbocycles. The van der Waals surface area contributed by atoms with Crippen LogP contribution in [0.4, 0.5) is 0 Å². The molecule has 2 aliphatic rings. The van der Waals surface area contributed by atoms with Crippen molar-refractivity contribution in [2.45, 2.75) is 76.7 Å². The van der Waals surface area contributed by atoms with Gasteiger partial charge in [-0.25, -0.2) is 0 Å². The lowest BCUT2D eigenvalue weighted by molar-refractivity contribution is -0.0607. The van der Waals surface area contributed by atoms with Gasteiger partial charge in [-0.2, -0.15) is 5.10 Å². The summed E-state index contributed by atoms with van der Waals surface area (Å²) in [5.41, 5.74) is 2.75. The van der Waals surface area contributed by atoms with E-state index in [-0.39, 0.29) is 0 Å². The number of benzene rings is 1. The molecule has 0 amide bonds. The first kappa shape index (κ1) is 18.5. The van der Waals surface area contributed by atoms with Gasteiger partial charge in [-0.1, -0.05) is 25.1 Å². The molecule has 5 heteroatoms. The molecule has 3 heterocycles. The van der Waals surface area contributed by atoms with Gasteiger partial charge in [0.05, 0.1) is 18.9 Å². The zero-order valence-electron chi connectivity index (χ0n) is 16.7. The normalized spacial score (nSPS) is 27.9. The summed E-state index contributed by atoms with van der Waals surface area (Å²) in [7, 11) is 1.68. The summed E-state index contributed by atoms with van der Waals surface area (Å²) in [5, 5.41) is 16.1. The van der Waals surface area contributed by atoms with Crippen molar-refractivity contribution in [3.05, 3.63) is 47.3 Å². The molecule has 5 nitrogen and oxygen atoms in total. The quantitative estimate of drug-likeness (QED) is 0.845. The molecule has 2 aliphatic heterocycles. The summed E-state index contributed by atoms with van der Waals surface area (Å²) in [6, 6.07) is 8.75. The molecule has 0 spiro atoms. The summed E-state index contributed by atoms with van der Waals surface area (Å²) >= 11 is 0. The minimum Gasteiger partial charge on any atom is -0.496 e. The van der Waals surface area contributed by atoms with Crippen LogP contribution >= 0.6 is 0 Å². The van der Waals surface area contributed by atoms with Gasteiger partial charge in [0, 0.05) is 42.0 Å². The van der Waals surface area contributed by atoms with E-state index in [2.05, 4.69) is 28.5 Å². The second kappa shape index (κ2) is 7.28. The molecule has 2 bridgehead atoms. The second-order valence-corrected chi connectivity index (χ2v) is 8.18. The third kappa shape index (κ3) is 3.27. The van der Waals surface area contributed by atoms with Gasteiger partial charge in [-0.05, 0) is 45.1 Å². The van der Waals surface area contributed by atoms with E-state index in [0.717, 1.165) is 56.5 Å². The Bertz CT molecular complexity index is 787. The average Bonchev–Trinajstić information content (AvgIpc) is 3.13. The Morgan fingerprint density at radius 3 is 2.59 bits per heavy atom. The highest BCUT2D eigenvalue weighted by Crippen LogP contribution is 2.48. The Hall–Kier alpha value is -1.85. The first-order chi connectivity index (χ1) is 13.1. The van der Waals surface area contributed by atoms with Gasteiger partial charge >= 0.3 is 0 Å². The Kier molecular flexibility index (Phi) is 4.99. The van der Waals surface area contributed by atoms with Crippen LogP contribution in [0.5, 0.6) is 5.75 Å². The van der Waals surface area contributed by atoms with Crippen molar-refractivity contribution in [3.63, 3.8) is 0 Å².